The van der Waals surface area contributed by atoms with Gasteiger partial charge in [-0.2, -0.15) is 0 Å². The Morgan fingerprint density at radius 1 is 1.09 bits per heavy atom. The minimum atomic E-state index is -0.162. The third-order valence-corrected chi connectivity index (χ3v) is 3.90. The lowest BCUT2D eigenvalue weighted by molar-refractivity contribution is -0.134. The average Bonchev–Trinajstić information content (AvgIpc) is 2.56. The highest BCUT2D eigenvalue weighted by atomic mass is 35.5. The van der Waals surface area contributed by atoms with Crippen molar-refractivity contribution in [1.82, 2.24) is 4.90 Å². The number of carbonyl (C=O) groups excluding carboxylic acids is 1. The van der Waals surface area contributed by atoms with Gasteiger partial charge in [0.1, 0.15) is 11.5 Å². The maximum absolute atomic E-state index is 11.9. The number of nitrogens with zero attached hydrogens (tertiary/aromatic N) is 1. The molecule has 0 N–H and O–H groups in total. The number of hydrogen-bond donors (Lipinski definition) is 0. The van der Waals surface area contributed by atoms with E-state index < -0.39 is 0 Å². The number of benzene rings is 1. The van der Waals surface area contributed by atoms with Crippen LogP contribution in [0.5, 0.6) is 11.5 Å². The zero-order chi connectivity index (χ0) is 15.6. The molecule has 0 bridgehead atoms. The van der Waals surface area contributed by atoms with Crippen molar-refractivity contribution in [3.05, 3.63) is 24.3 Å². The van der Waals surface area contributed by atoms with Crippen LogP contribution >= 0.6 is 12.4 Å². The smallest absolute Gasteiger partial charge is 0.312 e. The molecule has 1 aromatic rings. The Balaban J connectivity index is 0.00000264. The summed E-state index contributed by atoms with van der Waals surface area (Å²) < 4.78 is 11.0. The van der Waals surface area contributed by atoms with Crippen molar-refractivity contribution in [3.63, 3.8) is 0 Å². The first-order chi connectivity index (χ1) is 10.8. The van der Waals surface area contributed by atoms with Crippen molar-refractivity contribution in [2.45, 2.75) is 45.4 Å². The zero-order valence-corrected chi connectivity index (χ0v) is 14.8. The van der Waals surface area contributed by atoms with Crippen LogP contribution < -0.4 is 9.47 Å². The largest absolute Gasteiger partial charge is 0.494 e. The van der Waals surface area contributed by atoms with Gasteiger partial charge < -0.3 is 14.4 Å². The summed E-state index contributed by atoms with van der Waals surface area (Å²) in [6.07, 6.45) is 6.42. The van der Waals surface area contributed by atoms with Gasteiger partial charge in [0.05, 0.1) is 13.0 Å². The van der Waals surface area contributed by atoms with Gasteiger partial charge >= 0.3 is 5.97 Å². The maximum Gasteiger partial charge on any atom is 0.312 e. The summed E-state index contributed by atoms with van der Waals surface area (Å²) in [5, 5.41) is 0. The number of likely N-dealkylation sites (tertiary alicyclic amines) is 1. The predicted octanol–water partition coefficient (Wildman–Crippen LogP) is 4.07. The van der Waals surface area contributed by atoms with E-state index in [1.807, 2.05) is 12.1 Å². The molecular formula is C18H28ClNO3. The van der Waals surface area contributed by atoms with Crippen molar-refractivity contribution in [3.8, 4) is 11.5 Å². The Bertz CT molecular complexity index is 444. The van der Waals surface area contributed by atoms with E-state index in [2.05, 4.69) is 11.8 Å². The van der Waals surface area contributed by atoms with Gasteiger partial charge in [0, 0.05) is 6.54 Å². The van der Waals surface area contributed by atoms with Crippen LogP contribution in [0.4, 0.5) is 0 Å². The molecule has 0 atom stereocenters. The lowest BCUT2D eigenvalue weighted by Crippen LogP contribution is -2.32. The van der Waals surface area contributed by atoms with Crippen molar-refractivity contribution >= 4 is 18.4 Å². The molecule has 0 unspecified atom stereocenters. The number of carbonyl (C=O) groups is 1. The molecule has 4 nitrogen and oxygen atoms in total. The SMILES string of the molecule is CCCCOc1ccc(OC(=O)CCN2CCCCC2)cc1.Cl. The number of unbranched alkanes of at least 4 members (excludes halogenated alkanes) is 1. The number of rotatable bonds is 8. The lowest BCUT2D eigenvalue weighted by Gasteiger charge is -2.25. The van der Waals surface area contributed by atoms with Gasteiger partial charge in [-0.05, 0) is 56.6 Å². The van der Waals surface area contributed by atoms with Gasteiger partial charge in [-0.1, -0.05) is 19.8 Å². The van der Waals surface area contributed by atoms with E-state index in [0.717, 1.165) is 44.8 Å². The summed E-state index contributed by atoms with van der Waals surface area (Å²) >= 11 is 0. The minimum Gasteiger partial charge on any atom is -0.494 e. The predicted molar refractivity (Wildman–Crippen MR) is 94.6 cm³/mol. The molecule has 1 aliphatic rings. The van der Waals surface area contributed by atoms with E-state index in [0.29, 0.717) is 12.2 Å². The Kier molecular flexibility index (Phi) is 9.72. The summed E-state index contributed by atoms with van der Waals surface area (Å²) in [5.41, 5.74) is 0. The van der Waals surface area contributed by atoms with Crippen LogP contribution in [0, 0.1) is 0 Å². The van der Waals surface area contributed by atoms with E-state index in [9.17, 15) is 4.79 Å². The van der Waals surface area contributed by atoms with Gasteiger partial charge in [-0.15, -0.1) is 12.4 Å². The topological polar surface area (TPSA) is 38.8 Å². The van der Waals surface area contributed by atoms with Crippen LogP contribution in [-0.4, -0.2) is 37.1 Å². The Labute approximate surface area is 145 Å². The molecule has 1 aromatic carbocycles. The molecule has 130 valence electrons. The highest BCUT2D eigenvalue weighted by Gasteiger charge is 2.12. The summed E-state index contributed by atoms with van der Waals surface area (Å²) in [5.74, 6) is 1.25. The fourth-order valence-corrected chi connectivity index (χ4v) is 2.55. The van der Waals surface area contributed by atoms with Gasteiger partial charge in [0.2, 0.25) is 0 Å². The third kappa shape index (κ3) is 7.71. The second-order valence-electron chi connectivity index (χ2n) is 5.80. The quantitative estimate of drug-likeness (QED) is 0.406. The maximum atomic E-state index is 11.9. The second-order valence-corrected chi connectivity index (χ2v) is 5.80. The van der Waals surface area contributed by atoms with E-state index >= 15 is 0 Å². The molecule has 1 aliphatic heterocycles. The summed E-state index contributed by atoms with van der Waals surface area (Å²) in [6.45, 7) is 5.88. The monoisotopic (exact) mass is 341 g/mol. The van der Waals surface area contributed by atoms with Crippen LogP contribution in [0.25, 0.3) is 0 Å². The number of piperidine rings is 1. The van der Waals surface area contributed by atoms with Crippen molar-refractivity contribution < 1.29 is 14.3 Å². The molecule has 23 heavy (non-hydrogen) atoms. The van der Waals surface area contributed by atoms with Crippen LogP contribution in [0.15, 0.2) is 24.3 Å². The molecule has 0 spiro atoms. The first kappa shape index (κ1) is 19.8. The first-order valence-corrected chi connectivity index (χ1v) is 8.44. The molecule has 0 amide bonds. The van der Waals surface area contributed by atoms with Crippen molar-refractivity contribution in [1.29, 1.82) is 0 Å². The minimum absolute atomic E-state index is 0. The molecule has 2 rings (SSSR count). The summed E-state index contributed by atoms with van der Waals surface area (Å²) in [6, 6.07) is 7.28. The van der Waals surface area contributed by atoms with Crippen molar-refractivity contribution in [2.24, 2.45) is 0 Å². The standard InChI is InChI=1S/C18H27NO3.ClH/c1-2-3-15-21-16-7-9-17(10-8-16)22-18(20)11-14-19-12-5-4-6-13-19;/h7-10H,2-6,11-15H2,1H3;1H. The second kappa shape index (κ2) is 11.3. The van der Waals surface area contributed by atoms with Crippen LogP contribution in [-0.2, 0) is 4.79 Å². The van der Waals surface area contributed by atoms with Gasteiger partial charge in [-0.3, -0.25) is 4.79 Å². The van der Waals surface area contributed by atoms with Gasteiger partial charge in [0.15, 0.2) is 0 Å². The van der Waals surface area contributed by atoms with E-state index in [-0.39, 0.29) is 18.4 Å². The molecule has 0 aliphatic carbocycles. The molecule has 1 saturated heterocycles. The zero-order valence-electron chi connectivity index (χ0n) is 14.0. The Morgan fingerprint density at radius 2 is 1.74 bits per heavy atom. The summed E-state index contributed by atoms with van der Waals surface area (Å²) in [7, 11) is 0. The number of ether oxygens (including phenoxy) is 2. The normalized spacial score (nSPS) is 14.8. The molecule has 0 aromatic heterocycles. The third-order valence-electron chi connectivity index (χ3n) is 3.90. The molecule has 5 heteroatoms. The fourth-order valence-electron chi connectivity index (χ4n) is 2.55. The highest BCUT2D eigenvalue weighted by Crippen LogP contribution is 2.18. The first-order valence-electron chi connectivity index (χ1n) is 8.44. The number of halogens is 1. The average molecular weight is 342 g/mol. The highest BCUT2D eigenvalue weighted by molar-refractivity contribution is 5.85. The fraction of sp³-hybridized carbons (Fsp3) is 0.611. The molecule has 1 heterocycles. The van der Waals surface area contributed by atoms with Crippen molar-refractivity contribution in [2.75, 3.05) is 26.2 Å². The molecule has 0 saturated carbocycles. The van der Waals surface area contributed by atoms with E-state index in [1.54, 1.807) is 12.1 Å². The van der Waals surface area contributed by atoms with Gasteiger partial charge in [-0.25, -0.2) is 0 Å². The number of hydrogen-bond acceptors (Lipinski definition) is 4. The van der Waals surface area contributed by atoms with E-state index in [4.69, 9.17) is 9.47 Å². The Hall–Kier alpha value is -1.26. The van der Waals surface area contributed by atoms with Gasteiger partial charge in [0.25, 0.3) is 0 Å². The summed E-state index contributed by atoms with van der Waals surface area (Å²) in [4.78, 5) is 14.2. The molecule has 1 fully saturated rings. The van der Waals surface area contributed by atoms with Crippen LogP contribution in [0.3, 0.4) is 0 Å². The van der Waals surface area contributed by atoms with E-state index in [1.165, 1.54) is 19.3 Å². The number of esters is 1. The van der Waals surface area contributed by atoms with Crippen LogP contribution in [0.1, 0.15) is 45.4 Å². The Morgan fingerprint density at radius 3 is 2.39 bits per heavy atom. The molecular weight excluding hydrogens is 314 g/mol. The van der Waals surface area contributed by atoms with Crippen LogP contribution in [0.2, 0.25) is 0 Å². The lowest BCUT2D eigenvalue weighted by atomic mass is 10.1. The molecule has 0 radical (unpaired) electrons.